The Labute approximate surface area is 131 Å². The van der Waals surface area contributed by atoms with Crippen LogP contribution < -0.4 is 16.0 Å². The summed E-state index contributed by atoms with van der Waals surface area (Å²) in [5.41, 5.74) is 4.97. The van der Waals surface area contributed by atoms with Crippen molar-refractivity contribution >= 4 is 17.8 Å². The van der Waals surface area contributed by atoms with Crippen LogP contribution in [-0.2, 0) is 0 Å². The molecule has 22 heavy (non-hydrogen) atoms. The first-order chi connectivity index (χ1) is 9.81. The molecule has 0 spiro atoms. The number of anilines is 3. The van der Waals surface area contributed by atoms with Gasteiger partial charge in [0, 0.05) is 12.6 Å². The molecule has 0 aliphatic heterocycles. The van der Waals surface area contributed by atoms with Crippen LogP contribution in [0.2, 0.25) is 0 Å². The summed E-state index contributed by atoms with van der Waals surface area (Å²) >= 11 is 0. The molecule has 0 saturated carbocycles. The average molecular weight is 312 g/mol. The molecule has 0 aliphatic rings. The third-order valence-electron chi connectivity index (χ3n) is 3.01. The fourth-order valence-corrected chi connectivity index (χ4v) is 1.71. The topological polar surface area (TPSA) is 120 Å². The lowest BCUT2D eigenvalue weighted by atomic mass is 9.88. The molecule has 0 aromatic carbocycles. The lowest BCUT2D eigenvalue weighted by Crippen LogP contribution is -2.48. The van der Waals surface area contributed by atoms with Crippen LogP contribution in [0.4, 0.5) is 17.8 Å². The van der Waals surface area contributed by atoms with Gasteiger partial charge in [0.15, 0.2) is 6.23 Å². The first-order valence-electron chi connectivity index (χ1n) is 7.20. The Morgan fingerprint density at radius 1 is 1.05 bits per heavy atom. The molecular weight excluding hydrogens is 284 g/mol. The number of nitrogens with zero attached hydrogens (tertiary/aromatic N) is 4. The average Bonchev–Trinajstić information content (AvgIpc) is 2.32. The molecule has 0 amide bonds. The number of hydrogen-bond acceptors (Lipinski definition) is 8. The molecule has 2 atom stereocenters. The van der Waals surface area contributed by atoms with E-state index in [1.807, 2.05) is 41.5 Å². The monoisotopic (exact) mass is 312 g/mol. The van der Waals surface area contributed by atoms with Gasteiger partial charge in [-0.05, 0) is 26.2 Å². The van der Waals surface area contributed by atoms with Crippen molar-refractivity contribution in [2.24, 2.45) is 5.41 Å². The van der Waals surface area contributed by atoms with E-state index in [1.54, 1.807) is 7.05 Å². The van der Waals surface area contributed by atoms with E-state index in [0.29, 0.717) is 5.95 Å². The van der Waals surface area contributed by atoms with E-state index < -0.39 is 17.7 Å². The van der Waals surface area contributed by atoms with Crippen molar-refractivity contribution in [1.82, 2.24) is 15.0 Å². The van der Waals surface area contributed by atoms with Gasteiger partial charge in [-0.15, -0.1) is 0 Å². The van der Waals surface area contributed by atoms with Gasteiger partial charge in [-0.1, -0.05) is 20.8 Å². The van der Waals surface area contributed by atoms with Crippen LogP contribution >= 0.6 is 0 Å². The SMILES string of the molecule is CN(c1nc(N)nc(NC(C)(C)C)n1)C(O)C(O)C(C)(C)C. The van der Waals surface area contributed by atoms with Crippen LogP contribution in [0.5, 0.6) is 0 Å². The molecule has 2 unspecified atom stereocenters. The van der Waals surface area contributed by atoms with Crippen LogP contribution in [0.15, 0.2) is 0 Å². The summed E-state index contributed by atoms with van der Waals surface area (Å²) in [5.74, 6) is 0.551. The van der Waals surface area contributed by atoms with Crippen molar-refractivity contribution in [1.29, 1.82) is 0 Å². The Morgan fingerprint density at radius 2 is 1.59 bits per heavy atom. The van der Waals surface area contributed by atoms with Crippen molar-refractivity contribution in [2.45, 2.75) is 59.4 Å². The van der Waals surface area contributed by atoms with Gasteiger partial charge in [0.05, 0.1) is 0 Å². The number of likely N-dealkylation sites (N-methyl/N-ethyl adjacent to an activating group) is 1. The molecule has 1 heterocycles. The van der Waals surface area contributed by atoms with Gasteiger partial charge in [0.1, 0.15) is 6.10 Å². The minimum Gasteiger partial charge on any atom is -0.388 e. The maximum atomic E-state index is 10.3. The summed E-state index contributed by atoms with van der Waals surface area (Å²) in [6, 6.07) is 0. The van der Waals surface area contributed by atoms with E-state index in [0.717, 1.165) is 0 Å². The molecule has 1 rings (SSSR count). The van der Waals surface area contributed by atoms with Crippen molar-refractivity contribution in [3.8, 4) is 0 Å². The van der Waals surface area contributed by atoms with Gasteiger partial charge >= 0.3 is 0 Å². The van der Waals surface area contributed by atoms with Crippen molar-refractivity contribution < 1.29 is 10.2 Å². The largest absolute Gasteiger partial charge is 0.388 e. The molecule has 1 aromatic rings. The van der Waals surface area contributed by atoms with E-state index >= 15 is 0 Å². The molecular formula is C14H28N6O2. The van der Waals surface area contributed by atoms with Crippen molar-refractivity contribution in [2.75, 3.05) is 23.0 Å². The number of aliphatic hydroxyl groups is 2. The van der Waals surface area contributed by atoms with E-state index in [1.165, 1.54) is 4.90 Å². The van der Waals surface area contributed by atoms with E-state index in [4.69, 9.17) is 5.73 Å². The molecule has 8 nitrogen and oxygen atoms in total. The third kappa shape index (κ3) is 4.96. The summed E-state index contributed by atoms with van der Waals surface area (Å²) in [5, 5.41) is 23.6. The third-order valence-corrected chi connectivity index (χ3v) is 3.01. The van der Waals surface area contributed by atoms with Crippen LogP contribution in [0.3, 0.4) is 0 Å². The highest BCUT2D eigenvalue weighted by atomic mass is 16.3. The maximum absolute atomic E-state index is 10.3. The van der Waals surface area contributed by atoms with Gasteiger partial charge in [0.25, 0.3) is 0 Å². The summed E-state index contributed by atoms with van der Waals surface area (Å²) in [6.07, 6.45) is -2.14. The zero-order chi connectivity index (χ0) is 17.3. The highest BCUT2D eigenvalue weighted by Crippen LogP contribution is 2.25. The Bertz CT molecular complexity index is 509. The van der Waals surface area contributed by atoms with Gasteiger partial charge in [-0.3, -0.25) is 0 Å². The molecule has 1 aromatic heterocycles. The predicted octanol–water partition coefficient (Wildman–Crippen LogP) is 0.826. The number of nitrogen functional groups attached to an aromatic ring is 1. The van der Waals surface area contributed by atoms with Crippen LogP contribution in [0.25, 0.3) is 0 Å². The molecule has 0 fully saturated rings. The number of aliphatic hydroxyl groups excluding tert-OH is 2. The Kier molecular flexibility index (Phi) is 5.19. The zero-order valence-electron chi connectivity index (χ0n) is 14.4. The van der Waals surface area contributed by atoms with Crippen LogP contribution in [-0.4, -0.2) is 50.1 Å². The normalized spacial score (nSPS) is 15.3. The quantitative estimate of drug-likeness (QED) is 0.603. The maximum Gasteiger partial charge on any atom is 0.233 e. The fourth-order valence-electron chi connectivity index (χ4n) is 1.71. The number of nitrogens with two attached hydrogens (primary N) is 1. The van der Waals surface area contributed by atoms with Gasteiger partial charge in [-0.25, -0.2) is 0 Å². The summed E-state index contributed by atoms with van der Waals surface area (Å²) in [6.45, 7) is 11.4. The van der Waals surface area contributed by atoms with E-state index in [9.17, 15) is 10.2 Å². The first kappa shape index (κ1) is 18.4. The summed E-state index contributed by atoms with van der Waals surface area (Å²) < 4.78 is 0. The Balaban J connectivity index is 3.05. The smallest absolute Gasteiger partial charge is 0.233 e. The van der Waals surface area contributed by atoms with Crippen molar-refractivity contribution in [3.63, 3.8) is 0 Å². The molecule has 5 N–H and O–H groups in total. The highest BCUT2D eigenvalue weighted by Gasteiger charge is 2.33. The minimum atomic E-state index is -1.16. The number of rotatable bonds is 4. The number of hydrogen-bond donors (Lipinski definition) is 4. The zero-order valence-corrected chi connectivity index (χ0v) is 14.4. The second-order valence-electron chi connectivity index (χ2n) is 7.53. The summed E-state index contributed by atoms with van der Waals surface area (Å²) in [7, 11) is 1.59. The highest BCUT2D eigenvalue weighted by molar-refractivity contribution is 5.42. The second-order valence-corrected chi connectivity index (χ2v) is 7.53. The van der Waals surface area contributed by atoms with Gasteiger partial charge in [0.2, 0.25) is 17.8 Å². The van der Waals surface area contributed by atoms with Gasteiger partial charge in [-0.2, -0.15) is 15.0 Å². The molecule has 0 saturated heterocycles. The molecule has 0 radical (unpaired) electrons. The number of aromatic nitrogens is 3. The molecule has 0 aliphatic carbocycles. The lowest BCUT2D eigenvalue weighted by Gasteiger charge is -2.35. The second kappa shape index (κ2) is 6.21. The fraction of sp³-hybridized carbons (Fsp3) is 0.786. The van der Waals surface area contributed by atoms with Crippen LogP contribution in [0, 0.1) is 5.41 Å². The lowest BCUT2D eigenvalue weighted by molar-refractivity contribution is -0.0433. The van der Waals surface area contributed by atoms with E-state index in [-0.39, 0.29) is 17.4 Å². The standard InChI is InChI=1S/C14H28N6O2/c1-13(2,3)8(21)9(22)20(7)12-17-10(15)16-11(18-12)19-14(4,5)6/h8-9,21-22H,1-7H3,(H3,15,16,17,18,19). The first-order valence-corrected chi connectivity index (χ1v) is 7.20. The number of nitrogens with one attached hydrogen (secondary N) is 1. The Morgan fingerprint density at radius 3 is 2.05 bits per heavy atom. The van der Waals surface area contributed by atoms with Crippen LogP contribution in [0.1, 0.15) is 41.5 Å². The summed E-state index contributed by atoms with van der Waals surface area (Å²) in [4.78, 5) is 13.7. The Hall–Kier alpha value is -1.67. The van der Waals surface area contributed by atoms with E-state index in [2.05, 4.69) is 20.3 Å². The minimum absolute atomic E-state index is 0.0426. The molecule has 0 bridgehead atoms. The van der Waals surface area contributed by atoms with Crippen molar-refractivity contribution in [3.05, 3.63) is 0 Å². The molecule has 126 valence electrons. The van der Waals surface area contributed by atoms with Gasteiger partial charge < -0.3 is 26.2 Å². The molecule has 8 heteroatoms. The predicted molar refractivity (Wildman–Crippen MR) is 87.5 cm³/mol.